The minimum absolute atomic E-state index is 0.0754. The van der Waals surface area contributed by atoms with Crippen LogP contribution in [-0.4, -0.2) is 35.2 Å². The standard InChI is InChI=1S/C17H18ClNO6S/c1-24-14-6-3-11(9-15(14)25-2)7-8-19-26(22,23)16-10-12(17(20)21)4-5-13(16)18/h3-6,9-10,19H,7-8H2,1-2H3,(H,20,21)/p-1. The number of carboxylic acid groups (broad SMARTS) is 1. The van der Waals surface area contributed by atoms with Crippen LogP contribution in [0.25, 0.3) is 0 Å². The normalized spacial score (nSPS) is 11.2. The fraction of sp³-hybridized carbons (Fsp3) is 0.235. The number of halogens is 1. The smallest absolute Gasteiger partial charge is 0.242 e. The third kappa shape index (κ3) is 4.66. The van der Waals surface area contributed by atoms with Gasteiger partial charge in [0.25, 0.3) is 0 Å². The molecule has 26 heavy (non-hydrogen) atoms. The van der Waals surface area contributed by atoms with Crippen molar-refractivity contribution >= 4 is 27.6 Å². The lowest BCUT2D eigenvalue weighted by Gasteiger charge is -2.12. The molecule has 0 atom stereocenters. The Morgan fingerprint density at radius 1 is 1.12 bits per heavy atom. The molecular formula is C17H17ClNO6S-. The van der Waals surface area contributed by atoms with Crippen LogP contribution in [0.5, 0.6) is 11.5 Å². The summed E-state index contributed by atoms with van der Waals surface area (Å²) < 4.78 is 37.5. The molecular weight excluding hydrogens is 382 g/mol. The number of carboxylic acids is 1. The Balaban J connectivity index is 2.12. The molecule has 0 heterocycles. The van der Waals surface area contributed by atoms with Crippen molar-refractivity contribution in [2.24, 2.45) is 0 Å². The summed E-state index contributed by atoms with van der Waals surface area (Å²) in [7, 11) is -0.940. The van der Waals surface area contributed by atoms with Crippen LogP contribution in [0.1, 0.15) is 15.9 Å². The highest BCUT2D eigenvalue weighted by Gasteiger charge is 2.18. The number of hydrogen-bond donors (Lipinski definition) is 1. The largest absolute Gasteiger partial charge is 0.545 e. The van der Waals surface area contributed by atoms with E-state index in [0.29, 0.717) is 17.9 Å². The molecule has 0 spiro atoms. The number of hydrogen-bond acceptors (Lipinski definition) is 6. The molecule has 0 aromatic heterocycles. The summed E-state index contributed by atoms with van der Waals surface area (Å²) in [5.74, 6) is -0.372. The van der Waals surface area contributed by atoms with Gasteiger partial charge in [-0.05, 0) is 41.8 Å². The Bertz CT molecular complexity index is 913. The van der Waals surface area contributed by atoms with Gasteiger partial charge in [0.15, 0.2) is 11.5 Å². The van der Waals surface area contributed by atoms with Gasteiger partial charge in [-0.2, -0.15) is 0 Å². The number of ether oxygens (including phenoxy) is 2. The maximum Gasteiger partial charge on any atom is 0.242 e. The second-order valence-electron chi connectivity index (χ2n) is 5.27. The number of nitrogens with one attached hydrogen (secondary N) is 1. The third-order valence-electron chi connectivity index (χ3n) is 3.61. The molecule has 1 N–H and O–H groups in total. The Morgan fingerprint density at radius 3 is 2.42 bits per heavy atom. The van der Waals surface area contributed by atoms with Crippen LogP contribution >= 0.6 is 11.6 Å². The van der Waals surface area contributed by atoms with Crippen molar-refractivity contribution in [1.29, 1.82) is 0 Å². The summed E-state index contributed by atoms with van der Waals surface area (Å²) in [6.07, 6.45) is 0.386. The number of carbonyl (C=O) groups excluding carboxylic acids is 1. The zero-order valence-corrected chi connectivity index (χ0v) is 15.7. The van der Waals surface area contributed by atoms with Gasteiger partial charge in [-0.1, -0.05) is 23.7 Å². The number of methoxy groups -OCH3 is 2. The van der Waals surface area contributed by atoms with Gasteiger partial charge in [0.05, 0.1) is 25.2 Å². The minimum Gasteiger partial charge on any atom is -0.545 e. The zero-order chi connectivity index (χ0) is 19.3. The molecule has 0 saturated carbocycles. The molecule has 9 heteroatoms. The van der Waals surface area contributed by atoms with Crippen molar-refractivity contribution in [2.45, 2.75) is 11.3 Å². The van der Waals surface area contributed by atoms with Crippen molar-refractivity contribution in [3.8, 4) is 11.5 Å². The molecule has 0 fully saturated rings. The molecule has 2 aromatic carbocycles. The summed E-state index contributed by atoms with van der Waals surface area (Å²) in [5.41, 5.74) is 0.564. The first kappa shape index (κ1) is 20.0. The zero-order valence-electron chi connectivity index (χ0n) is 14.1. The van der Waals surface area contributed by atoms with Gasteiger partial charge in [-0.25, -0.2) is 13.1 Å². The summed E-state index contributed by atoms with van der Waals surface area (Å²) in [5, 5.41) is 10.8. The van der Waals surface area contributed by atoms with Crippen LogP contribution in [0.3, 0.4) is 0 Å². The number of carbonyl (C=O) groups is 1. The highest BCUT2D eigenvalue weighted by molar-refractivity contribution is 7.89. The van der Waals surface area contributed by atoms with Gasteiger partial charge < -0.3 is 19.4 Å². The molecule has 0 unspecified atom stereocenters. The van der Waals surface area contributed by atoms with Gasteiger partial charge in [-0.3, -0.25) is 0 Å². The molecule has 2 rings (SSSR count). The molecule has 0 amide bonds. The van der Waals surface area contributed by atoms with Crippen LogP contribution in [0, 0.1) is 0 Å². The maximum absolute atomic E-state index is 12.4. The number of rotatable bonds is 8. The first-order valence-corrected chi connectivity index (χ1v) is 9.36. The monoisotopic (exact) mass is 398 g/mol. The second kappa shape index (κ2) is 8.39. The van der Waals surface area contributed by atoms with Gasteiger partial charge >= 0.3 is 0 Å². The van der Waals surface area contributed by atoms with Crippen molar-refractivity contribution in [3.05, 3.63) is 52.5 Å². The topological polar surface area (TPSA) is 105 Å². The lowest BCUT2D eigenvalue weighted by atomic mass is 10.1. The fourth-order valence-corrected chi connectivity index (χ4v) is 3.84. The van der Waals surface area contributed by atoms with E-state index in [2.05, 4.69) is 4.72 Å². The Labute approximate surface area is 156 Å². The molecule has 0 aliphatic heterocycles. The highest BCUT2D eigenvalue weighted by atomic mass is 35.5. The molecule has 0 bridgehead atoms. The minimum atomic E-state index is -3.97. The lowest BCUT2D eigenvalue weighted by Crippen LogP contribution is -2.27. The maximum atomic E-state index is 12.4. The quantitative estimate of drug-likeness (QED) is 0.717. The van der Waals surface area contributed by atoms with E-state index in [1.54, 1.807) is 18.2 Å². The molecule has 0 aliphatic carbocycles. The van der Waals surface area contributed by atoms with E-state index in [9.17, 15) is 18.3 Å². The van der Waals surface area contributed by atoms with E-state index in [1.165, 1.54) is 26.4 Å². The van der Waals surface area contributed by atoms with Crippen molar-refractivity contribution in [1.82, 2.24) is 4.72 Å². The molecule has 0 radical (unpaired) electrons. The van der Waals surface area contributed by atoms with E-state index >= 15 is 0 Å². The van der Waals surface area contributed by atoms with Gasteiger partial charge in [0, 0.05) is 6.54 Å². The van der Waals surface area contributed by atoms with Crippen LogP contribution in [-0.2, 0) is 16.4 Å². The van der Waals surface area contributed by atoms with E-state index in [-0.39, 0.29) is 22.0 Å². The van der Waals surface area contributed by atoms with Crippen LogP contribution in [0.15, 0.2) is 41.3 Å². The lowest BCUT2D eigenvalue weighted by molar-refractivity contribution is -0.255. The van der Waals surface area contributed by atoms with Crippen molar-refractivity contribution in [2.75, 3.05) is 20.8 Å². The van der Waals surface area contributed by atoms with Crippen LogP contribution in [0.4, 0.5) is 0 Å². The molecule has 2 aromatic rings. The van der Waals surface area contributed by atoms with Gasteiger partial charge in [-0.15, -0.1) is 0 Å². The molecule has 140 valence electrons. The van der Waals surface area contributed by atoms with E-state index in [4.69, 9.17) is 21.1 Å². The number of sulfonamides is 1. The molecule has 0 aliphatic rings. The van der Waals surface area contributed by atoms with Crippen LogP contribution < -0.4 is 19.3 Å². The summed E-state index contributed by atoms with van der Waals surface area (Å²) in [4.78, 5) is 10.6. The summed E-state index contributed by atoms with van der Waals surface area (Å²) in [6, 6.07) is 8.62. The predicted molar refractivity (Wildman–Crippen MR) is 94.2 cm³/mol. The first-order chi connectivity index (χ1) is 12.3. The third-order valence-corrected chi connectivity index (χ3v) is 5.55. The summed E-state index contributed by atoms with van der Waals surface area (Å²) in [6.45, 7) is 0.0870. The van der Waals surface area contributed by atoms with Crippen molar-refractivity contribution < 1.29 is 27.8 Å². The highest BCUT2D eigenvalue weighted by Crippen LogP contribution is 2.27. The van der Waals surface area contributed by atoms with E-state index < -0.39 is 16.0 Å². The van der Waals surface area contributed by atoms with Gasteiger partial charge in [0.2, 0.25) is 10.0 Å². The first-order valence-electron chi connectivity index (χ1n) is 7.50. The Kier molecular flexibility index (Phi) is 6.47. The fourth-order valence-electron chi connectivity index (χ4n) is 2.28. The average molecular weight is 399 g/mol. The van der Waals surface area contributed by atoms with Gasteiger partial charge in [0.1, 0.15) is 4.90 Å². The number of benzene rings is 2. The van der Waals surface area contributed by atoms with E-state index in [0.717, 1.165) is 11.6 Å². The predicted octanol–water partition coefficient (Wildman–Crippen LogP) is 1.24. The average Bonchev–Trinajstić information content (AvgIpc) is 2.61. The second-order valence-corrected chi connectivity index (χ2v) is 7.41. The van der Waals surface area contributed by atoms with Crippen molar-refractivity contribution in [3.63, 3.8) is 0 Å². The van der Waals surface area contributed by atoms with Crippen LogP contribution in [0.2, 0.25) is 5.02 Å². The summed E-state index contributed by atoms with van der Waals surface area (Å²) >= 11 is 5.89. The SMILES string of the molecule is COc1ccc(CCNS(=O)(=O)c2cc(C(=O)[O-])ccc2Cl)cc1OC. The Morgan fingerprint density at radius 2 is 1.81 bits per heavy atom. The molecule has 0 saturated heterocycles. The Hall–Kier alpha value is -2.29. The van der Waals surface area contributed by atoms with E-state index in [1.807, 2.05) is 0 Å². The molecule has 7 nitrogen and oxygen atoms in total. The number of aromatic carboxylic acids is 1.